The number of rotatable bonds is 4. The molecular formula is C21H19N5. The summed E-state index contributed by atoms with van der Waals surface area (Å²) in [4.78, 5) is 15.7. The fourth-order valence-corrected chi connectivity index (χ4v) is 2.79. The summed E-state index contributed by atoms with van der Waals surface area (Å²) < 4.78 is 0. The molecule has 5 nitrogen and oxygen atoms in total. The number of hydrogen-bond acceptors (Lipinski definition) is 5. The van der Waals surface area contributed by atoms with Crippen LogP contribution in [0.5, 0.6) is 0 Å². The van der Waals surface area contributed by atoms with Crippen LogP contribution in [0.2, 0.25) is 0 Å². The van der Waals surface area contributed by atoms with Gasteiger partial charge in [0.25, 0.3) is 0 Å². The maximum absolute atomic E-state index is 4.77. The number of nitrogens with zero attached hydrogens (tertiary/aromatic N) is 4. The van der Waals surface area contributed by atoms with Crippen molar-refractivity contribution in [2.24, 2.45) is 0 Å². The number of hydrogen-bond donors (Lipinski definition) is 1. The Morgan fingerprint density at radius 2 is 1.77 bits per heavy atom. The van der Waals surface area contributed by atoms with Gasteiger partial charge in [0.05, 0.1) is 5.52 Å². The van der Waals surface area contributed by atoms with Gasteiger partial charge >= 0.3 is 0 Å². The summed E-state index contributed by atoms with van der Waals surface area (Å²) in [6.07, 6.45) is 3.52. The first kappa shape index (κ1) is 16.0. The molecule has 0 saturated heterocycles. The molecule has 0 radical (unpaired) electrons. The van der Waals surface area contributed by atoms with Gasteiger partial charge in [-0.25, -0.2) is 9.97 Å². The zero-order valence-electron chi connectivity index (χ0n) is 14.7. The number of pyridine rings is 1. The van der Waals surface area contributed by atoms with Crippen LogP contribution in [0, 0.1) is 0 Å². The third kappa shape index (κ3) is 3.19. The molecule has 2 heterocycles. The van der Waals surface area contributed by atoms with E-state index in [1.807, 2.05) is 62.6 Å². The Morgan fingerprint density at radius 3 is 2.58 bits per heavy atom. The Labute approximate surface area is 152 Å². The molecule has 0 spiro atoms. The van der Waals surface area contributed by atoms with Crippen LogP contribution >= 0.6 is 0 Å². The molecule has 0 amide bonds. The van der Waals surface area contributed by atoms with Crippen LogP contribution in [0.4, 0.5) is 17.2 Å². The molecule has 0 aliphatic carbocycles. The van der Waals surface area contributed by atoms with Crippen molar-refractivity contribution < 1.29 is 0 Å². The highest BCUT2D eigenvalue weighted by Crippen LogP contribution is 2.28. The summed E-state index contributed by atoms with van der Waals surface area (Å²) in [5.41, 5.74) is 3.90. The molecule has 0 saturated carbocycles. The van der Waals surface area contributed by atoms with Gasteiger partial charge in [0.1, 0.15) is 5.82 Å². The maximum atomic E-state index is 4.77. The van der Waals surface area contributed by atoms with E-state index in [-0.39, 0.29) is 0 Å². The van der Waals surface area contributed by atoms with E-state index >= 15 is 0 Å². The summed E-state index contributed by atoms with van der Waals surface area (Å²) in [5, 5.41) is 4.44. The average molecular weight is 341 g/mol. The Kier molecular flexibility index (Phi) is 4.19. The van der Waals surface area contributed by atoms with Crippen molar-refractivity contribution in [2.45, 2.75) is 0 Å². The topological polar surface area (TPSA) is 53.9 Å². The fourth-order valence-electron chi connectivity index (χ4n) is 2.79. The SMILES string of the molecule is CN(C)c1cccc(Nc2nc(-c3cccnc3)nc3ccccc23)c1. The number of para-hydroxylation sites is 1. The summed E-state index contributed by atoms with van der Waals surface area (Å²) >= 11 is 0. The second-order valence-electron chi connectivity index (χ2n) is 6.22. The van der Waals surface area contributed by atoms with Crippen LogP contribution in [-0.2, 0) is 0 Å². The van der Waals surface area contributed by atoms with Gasteiger partial charge in [0.15, 0.2) is 5.82 Å². The lowest BCUT2D eigenvalue weighted by atomic mass is 10.2. The summed E-state index contributed by atoms with van der Waals surface area (Å²) in [5.74, 6) is 1.44. The Balaban J connectivity index is 1.82. The van der Waals surface area contributed by atoms with Crippen molar-refractivity contribution in [1.82, 2.24) is 15.0 Å². The molecular weight excluding hydrogens is 322 g/mol. The van der Waals surface area contributed by atoms with Gasteiger partial charge in [-0.15, -0.1) is 0 Å². The lowest BCUT2D eigenvalue weighted by Crippen LogP contribution is -2.08. The maximum Gasteiger partial charge on any atom is 0.163 e. The van der Waals surface area contributed by atoms with Gasteiger partial charge in [-0.1, -0.05) is 18.2 Å². The molecule has 0 unspecified atom stereocenters. The summed E-state index contributed by atoms with van der Waals surface area (Å²) in [6, 6.07) is 20.1. The predicted octanol–water partition coefficient (Wildman–Crippen LogP) is 4.50. The lowest BCUT2D eigenvalue weighted by molar-refractivity contribution is 1.13. The van der Waals surface area contributed by atoms with Crippen molar-refractivity contribution in [2.75, 3.05) is 24.3 Å². The van der Waals surface area contributed by atoms with E-state index in [1.54, 1.807) is 12.4 Å². The van der Waals surface area contributed by atoms with Crippen molar-refractivity contribution in [3.05, 3.63) is 73.1 Å². The highest BCUT2D eigenvalue weighted by atomic mass is 15.1. The number of fused-ring (bicyclic) bond motifs is 1. The monoisotopic (exact) mass is 341 g/mol. The molecule has 128 valence electrons. The molecule has 0 bridgehead atoms. The molecule has 1 N–H and O–H groups in total. The van der Waals surface area contributed by atoms with Crippen LogP contribution in [-0.4, -0.2) is 29.0 Å². The van der Waals surface area contributed by atoms with Crippen molar-refractivity contribution >= 4 is 28.1 Å². The predicted molar refractivity (Wildman–Crippen MR) is 107 cm³/mol. The smallest absolute Gasteiger partial charge is 0.163 e. The first-order valence-corrected chi connectivity index (χ1v) is 8.42. The van der Waals surface area contributed by atoms with Gasteiger partial charge in [0.2, 0.25) is 0 Å². The molecule has 4 aromatic rings. The largest absolute Gasteiger partial charge is 0.378 e. The van der Waals surface area contributed by atoms with Gasteiger partial charge in [-0.05, 0) is 42.5 Å². The fraction of sp³-hybridized carbons (Fsp3) is 0.0952. The zero-order valence-corrected chi connectivity index (χ0v) is 14.7. The van der Waals surface area contributed by atoms with Crippen molar-refractivity contribution in [3.8, 4) is 11.4 Å². The molecule has 0 aliphatic heterocycles. The lowest BCUT2D eigenvalue weighted by Gasteiger charge is -2.15. The molecule has 0 atom stereocenters. The average Bonchev–Trinajstić information content (AvgIpc) is 2.69. The quantitative estimate of drug-likeness (QED) is 0.592. The van der Waals surface area contributed by atoms with Crippen LogP contribution < -0.4 is 10.2 Å². The first-order chi connectivity index (χ1) is 12.7. The van der Waals surface area contributed by atoms with E-state index in [0.29, 0.717) is 5.82 Å². The molecule has 4 rings (SSSR count). The third-order valence-corrected chi connectivity index (χ3v) is 4.15. The van der Waals surface area contributed by atoms with Crippen LogP contribution in [0.3, 0.4) is 0 Å². The summed E-state index contributed by atoms with van der Waals surface area (Å²) in [7, 11) is 4.05. The molecule has 2 aromatic heterocycles. The molecule has 26 heavy (non-hydrogen) atoms. The standard InChI is InChI=1S/C21H19N5/c1-26(2)17-9-5-8-16(13-17)23-21-18-10-3-4-11-19(18)24-20(25-21)15-7-6-12-22-14-15/h3-14H,1-2H3,(H,23,24,25). The number of nitrogens with one attached hydrogen (secondary N) is 1. The molecule has 0 fully saturated rings. The first-order valence-electron chi connectivity index (χ1n) is 8.42. The number of aromatic nitrogens is 3. The highest BCUT2D eigenvalue weighted by molar-refractivity contribution is 5.92. The van der Waals surface area contributed by atoms with Crippen LogP contribution in [0.25, 0.3) is 22.3 Å². The van der Waals surface area contributed by atoms with Crippen LogP contribution in [0.1, 0.15) is 0 Å². The van der Waals surface area contributed by atoms with Gasteiger partial charge in [-0.3, -0.25) is 4.98 Å². The van der Waals surface area contributed by atoms with Gasteiger partial charge in [0, 0.05) is 48.8 Å². The van der Waals surface area contributed by atoms with E-state index in [0.717, 1.165) is 33.7 Å². The van der Waals surface area contributed by atoms with E-state index in [2.05, 4.69) is 27.3 Å². The summed E-state index contributed by atoms with van der Waals surface area (Å²) in [6.45, 7) is 0. The van der Waals surface area contributed by atoms with Crippen molar-refractivity contribution in [3.63, 3.8) is 0 Å². The highest BCUT2D eigenvalue weighted by Gasteiger charge is 2.10. The van der Waals surface area contributed by atoms with Crippen molar-refractivity contribution in [1.29, 1.82) is 0 Å². The molecule has 0 aliphatic rings. The second-order valence-corrected chi connectivity index (χ2v) is 6.22. The molecule has 2 aromatic carbocycles. The Bertz CT molecular complexity index is 1040. The van der Waals surface area contributed by atoms with E-state index in [1.165, 1.54) is 0 Å². The normalized spacial score (nSPS) is 10.7. The van der Waals surface area contributed by atoms with E-state index < -0.39 is 0 Å². The second kappa shape index (κ2) is 6.80. The third-order valence-electron chi connectivity index (χ3n) is 4.15. The minimum Gasteiger partial charge on any atom is -0.378 e. The van der Waals surface area contributed by atoms with Gasteiger partial charge in [-0.2, -0.15) is 0 Å². The Morgan fingerprint density at radius 1 is 0.885 bits per heavy atom. The Hall–Kier alpha value is -3.47. The van der Waals surface area contributed by atoms with E-state index in [9.17, 15) is 0 Å². The minimum atomic E-state index is 0.656. The number of anilines is 3. The van der Waals surface area contributed by atoms with Gasteiger partial charge < -0.3 is 10.2 Å². The van der Waals surface area contributed by atoms with Crippen LogP contribution in [0.15, 0.2) is 73.1 Å². The molecule has 5 heteroatoms. The van der Waals surface area contributed by atoms with E-state index in [4.69, 9.17) is 9.97 Å². The minimum absolute atomic E-state index is 0.656. The zero-order chi connectivity index (χ0) is 17.9. The number of benzene rings is 2.